The Labute approximate surface area is 118 Å². The lowest BCUT2D eigenvalue weighted by atomic mass is 10.1. The van der Waals surface area contributed by atoms with Crippen LogP contribution in [-0.2, 0) is 0 Å². The van der Waals surface area contributed by atoms with Gasteiger partial charge in [-0.05, 0) is 6.42 Å². The van der Waals surface area contributed by atoms with Crippen LogP contribution in [0.15, 0.2) is 6.33 Å². The number of nitrogen functional groups attached to an aromatic ring is 1. The van der Waals surface area contributed by atoms with E-state index in [0.717, 1.165) is 0 Å². The van der Waals surface area contributed by atoms with Crippen LogP contribution in [-0.4, -0.2) is 53.7 Å². The molecule has 9 heteroatoms. The van der Waals surface area contributed by atoms with Crippen LogP contribution >= 0.6 is 11.6 Å². The third-order valence-corrected chi connectivity index (χ3v) is 4.02. The number of rotatable bonds is 2. The first-order valence-electron chi connectivity index (χ1n) is 6.15. The highest BCUT2D eigenvalue weighted by atomic mass is 35.5. The van der Waals surface area contributed by atoms with Crippen LogP contribution in [0.1, 0.15) is 12.5 Å². The van der Waals surface area contributed by atoms with Gasteiger partial charge in [-0.2, -0.15) is 9.97 Å². The maximum atomic E-state index is 10.1. The Morgan fingerprint density at radius 3 is 2.75 bits per heavy atom. The molecule has 0 spiro atoms. The third-order valence-electron chi connectivity index (χ3n) is 3.76. The molecule has 2 heterocycles. The molecule has 108 valence electrons. The molecule has 3 rings (SSSR count). The van der Waals surface area contributed by atoms with Crippen LogP contribution in [0.25, 0.3) is 11.2 Å². The predicted octanol–water partition coefficient (Wildman–Crippen LogP) is -0.663. The maximum Gasteiger partial charge on any atom is 0.223 e. The lowest BCUT2D eigenvalue weighted by Crippen LogP contribution is -2.30. The molecule has 0 saturated heterocycles. The first-order chi connectivity index (χ1) is 9.52. The Hall–Kier alpha value is -1.48. The van der Waals surface area contributed by atoms with Crippen LogP contribution in [0.3, 0.4) is 0 Å². The first-order valence-corrected chi connectivity index (χ1v) is 6.53. The largest absolute Gasteiger partial charge is 0.396 e. The second-order valence-electron chi connectivity index (χ2n) is 4.92. The Bertz CT molecular complexity index is 648. The average molecular weight is 300 g/mol. The summed E-state index contributed by atoms with van der Waals surface area (Å²) in [6.45, 7) is -0.195. The maximum absolute atomic E-state index is 10.1. The SMILES string of the molecule is Nc1nc(Cl)c2ncn([C@H]3C[C@@H](CO)[C@H](O)[C@@H]3O)c2n1. The van der Waals surface area contributed by atoms with E-state index in [4.69, 9.17) is 17.3 Å². The number of imidazole rings is 1. The van der Waals surface area contributed by atoms with Gasteiger partial charge in [0.25, 0.3) is 0 Å². The summed E-state index contributed by atoms with van der Waals surface area (Å²) in [5, 5.41) is 29.3. The minimum atomic E-state index is -1.01. The molecule has 0 unspecified atom stereocenters. The number of fused-ring (bicyclic) bond motifs is 1. The van der Waals surface area contributed by atoms with Crippen molar-refractivity contribution < 1.29 is 15.3 Å². The van der Waals surface area contributed by atoms with Crippen molar-refractivity contribution in [1.29, 1.82) is 0 Å². The number of hydrogen-bond acceptors (Lipinski definition) is 7. The number of aromatic nitrogens is 4. The molecule has 1 aliphatic rings. The van der Waals surface area contributed by atoms with Crippen molar-refractivity contribution in [1.82, 2.24) is 19.5 Å². The van der Waals surface area contributed by atoms with Crippen LogP contribution in [0.4, 0.5) is 5.95 Å². The number of hydrogen-bond donors (Lipinski definition) is 4. The normalized spacial score (nSPS) is 30.2. The summed E-state index contributed by atoms with van der Waals surface area (Å²) in [6.07, 6.45) is -0.117. The van der Waals surface area contributed by atoms with E-state index in [1.807, 2.05) is 0 Å². The lowest BCUT2D eigenvalue weighted by molar-refractivity contribution is -0.00370. The Morgan fingerprint density at radius 1 is 1.35 bits per heavy atom. The number of aliphatic hydroxyl groups excluding tert-OH is 3. The van der Waals surface area contributed by atoms with Gasteiger partial charge in [-0.25, -0.2) is 4.98 Å². The van der Waals surface area contributed by atoms with E-state index in [-0.39, 0.29) is 23.6 Å². The Morgan fingerprint density at radius 2 is 2.10 bits per heavy atom. The van der Waals surface area contributed by atoms with Gasteiger partial charge in [-0.15, -0.1) is 0 Å². The van der Waals surface area contributed by atoms with Crippen LogP contribution < -0.4 is 5.73 Å². The van der Waals surface area contributed by atoms with Crippen molar-refractivity contribution in [3.63, 3.8) is 0 Å². The summed E-state index contributed by atoms with van der Waals surface area (Å²) in [7, 11) is 0. The van der Waals surface area contributed by atoms with E-state index in [1.165, 1.54) is 6.33 Å². The van der Waals surface area contributed by atoms with Crippen LogP contribution in [0, 0.1) is 5.92 Å². The van der Waals surface area contributed by atoms with Gasteiger partial charge in [-0.3, -0.25) is 0 Å². The molecule has 2 aromatic rings. The topological polar surface area (TPSA) is 130 Å². The van der Waals surface area contributed by atoms with Crippen molar-refractivity contribution in [2.45, 2.75) is 24.7 Å². The standard InChI is InChI=1S/C11H14ClN5O3/c12-9-6-10(16-11(13)15-9)17(3-14-6)5-1-4(2-18)7(19)8(5)20/h3-5,7-8,18-20H,1-2H2,(H2,13,15,16)/t4-,5-,7-,8+/m0/s1. The van der Waals surface area contributed by atoms with E-state index in [9.17, 15) is 15.3 Å². The minimum Gasteiger partial charge on any atom is -0.396 e. The fourth-order valence-corrected chi connectivity index (χ4v) is 2.92. The molecule has 0 bridgehead atoms. The van der Waals surface area contributed by atoms with E-state index < -0.39 is 18.2 Å². The number of nitrogens with two attached hydrogens (primary N) is 1. The average Bonchev–Trinajstić information content (AvgIpc) is 2.93. The van der Waals surface area contributed by atoms with Crippen molar-refractivity contribution in [2.24, 2.45) is 5.92 Å². The fraction of sp³-hybridized carbons (Fsp3) is 0.545. The Balaban J connectivity index is 2.07. The summed E-state index contributed by atoms with van der Waals surface area (Å²) >= 11 is 5.94. The number of anilines is 1. The van der Waals surface area contributed by atoms with Gasteiger partial charge in [0.15, 0.2) is 10.8 Å². The monoisotopic (exact) mass is 299 g/mol. The molecule has 1 aliphatic carbocycles. The molecule has 20 heavy (non-hydrogen) atoms. The van der Waals surface area contributed by atoms with Gasteiger partial charge in [0, 0.05) is 12.5 Å². The van der Waals surface area contributed by atoms with Crippen molar-refractivity contribution >= 4 is 28.7 Å². The molecule has 1 fully saturated rings. The van der Waals surface area contributed by atoms with Crippen molar-refractivity contribution in [3.8, 4) is 0 Å². The quantitative estimate of drug-likeness (QED) is 0.541. The summed E-state index contributed by atoms with van der Waals surface area (Å²) in [6, 6.07) is -0.447. The molecule has 8 nitrogen and oxygen atoms in total. The van der Waals surface area contributed by atoms with Crippen LogP contribution in [0.2, 0.25) is 5.15 Å². The number of aliphatic hydroxyl groups is 3. The highest BCUT2D eigenvalue weighted by Gasteiger charge is 2.42. The summed E-state index contributed by atoms with van der Waals surface area (Å²) in [4.78, 5) is 12.0. The first kappa shape index (κ1) is 13.5. The summed E-state index contributed by atoms with van der Waals surface area (Å²) < 4.78 is 1.61. The molecule has 0 radical (unpaired) electrons. The van der Waals surface area contributed by atoms with Gasteiger partial charge in [0.05, 0.1) is 18.5 Å². The Kier molecular flexibility index (Phi) is 3.25. The zero-order valence-electron chi connectivity index (χ0n) is 10.4. The molecule has 2 aromatic heterocycles. The molecule has 0 amide bonds. The van der Waals surface area contributed by atoms with E-state index >= 15 is 0 Å². The molecular formula is C11H14ClN5O3. The van der Waals surface area contributed by atoms with Gasteiger partial charge >= 0.3 is 0 Å². The lowest BCUT2D eigenvalue weighted by Gasteiger charge is -2.18. The van der Waals surface area contributed by atoms with E-state index in [0.29, 0.717) is 17.6 Å². The molecule has 5 N–H and O–H groups in total. The highest BCUT2D eigenvalue weighted by Crippen LogP contribution is 2.37. The van der Waals surface area contributed by atoms with Gasteiger partial charge < -0.3 is 25.6 Å². The summed E-state index contributed by atoms with van der Waals surface area (Å²) in [5.41, 5.74) is 6.35. The predicted molar refractivity (Wildman–Crippen MR) is 71.0 cm³/mol. The third kappa shape index (κ3) is 1.92. The van der Waals surface area contributed by atoms with E-state index in [1.54, 1.807) is 4.57 Å². The molecule has 1 saturated carbocycles. The van der Waals surface area contributed by atoms with Crippen molar-refractivity contribution in [3.05, 3.63) is 11.5 Å². The molecule has 0 aromatic carbocycles. The number of halogens is 1. The second kappa shape index (κ2) is 4.81. The molecule has 0 aliphatic heterocycles. The zero-order chi connectivity index (χ0) is 14.4. The van der Waals surface area contributed by atoms with Gasteiger partial charge in [0.2, 0.25) is 5.95 Å². The molecule has 4 atom stereocenters. The smallest absolute Gasteiger partial charge is 0.223 e. The van der Waals surface area contributed by atoms with E-state index in [2.05, 4.69) is 15.0 Å². The van der Waals surface area contributed by atoms with Gasteiger partial charge in [-0.1, -0.05) is 11.6 Å². The molecular weight excluding hydrogens is 286 g/mol. The zero-order valence-corrected chi connectivity index (χ0v) is 11.1. The number of nitrogens with zero attached hydrogens (tertiary/aromatic N) is 4. The fourth-order valence-electron chi connectivity index (χ4n) is 2.70. The summed E-state index contributed by atoms with van der Waals surface area (Å²) in [5.74, 6) is -0.377. The van der Waals surface area contributed by atoms with Gasteiger partial charge in [0.1, 0.15) is 11.6 Å². The van der Waals surface area contributed by atoms with Crippen LogP contribution in [0.5, 0.6) is 0 Å². The minimum absolute atomic E-state index is 0.0102. The second-order valence-corrected chi connectivity index (χ2v) is 5.28. The van der Waals surface area contributed by atoms with Crippen molar-refractivity contribution in [2.75, 3.05) is 12.3 Å². The highest BCUT2D eigenvalue weighted by molar-refractivity contribution is 6.33.